The second kappa shape index (κ2) is 6.33. The number of hydrogen-bond donors (Lipinski definition) is 2. The van der Waals surface area contributed by atoms with Crippen LogP contribution in [-0.4, -0.2) is 27.1 Å². The van der Waals surface area contributed by atoms with Gasteiger partial charge in [0.25, 0.3) is 5.91 Å². The molecule has 0 bridgehead atoms. The van der Waals surface area contributed by atoms with Gasteiger partial charge in [-0.25, -0.2) is 12.8 Å². The number of rotatable bonds is 6. The standard InChI is InChI=1S/C12H15FN2O3S/c1-3-4-7-14-12(16)10-6-5-9(13)8-11(10)15-19(2,17)18/h3,5-6,8,15H,1,4,7H2,2H3,(H,14,16). The van der Waals surface area contributed by atoms with Crippen LogP contribution < -0.4 is 10.0 Å². The summed E-state index contributed by atoms with van der Waals surface area (Å²) in [7, 11) is -3.59. The highest BCUT2D eigenvalue weighted by Crippen LogP contribution is 2.18. The van der Waals surface area contributed by atoms with Crippen LogP contribution in [0, 0.1) is 5.82 Å². The first-order valence-electron chi connectivity index (χ1n) is 5.50. The lowest BCUT2D eigenvalue weighted by molar-refractivity contribution is 0.0955. The SMILES string of the molecule is C=CCCNC(=O)c1ccc(F)cc1NS(C)(=O)=O. The first-order chi connectivity index (χ1) is 8.83. The zero-order chi connectivity index (χ0) is 14.5. The second-order valence-electron chi connectivity index (χ2n) is 3.90. The van der Waals surface area contributed by atoms with Crippen molar-refractivity contribution in [1.82, 2.24) is 5.32 Å². The monoisotopic (exact) mass is 286 g/mol. The predicted octanol–water partition coefficient (Wildman–Crippen LogP) is 1.50. The lowest BCUT2D eigenvalue weighted by Gasteiger charge is -2.10. The molecule has 1 aromatic carbocycles. The molecule has 0 aliphatic carbocycles. The summed E-state index contributed by atoms with van der Waals surface area (Å²) >= 11 is 0. The van der Waals surface area contributed by atoms with E-state index in [-0.39, 0.29) is 11.3 Å². The van der Waals surface area contributed by atoms with Crippen LogP contribution >= 0.6 is 0 Å². The molecule has 1 rings (SSSR count). The third-order valence-corrected chi connectivity index (χ3v) is 2.75. The molecule has 5 nitrogen and oxygen atoms in total. The van der Waals surface area contributed by atoms with Crippen LogP contribution in [0.25, 0.3) is 0 Å². The molecule has 0 spiro atoms. The van der Waals surface area contributed by atoms with Gasteiger partial charge in [0.1, 0.15) is 5.82 Å². The molecule has 0 aliphatic rings. The predicted molar refractivity (Wildman–Crippen MR) is 72.0 cm³/mol. The zero-order valence-electron chi connectivity index (χ0n) is 10.4. The van der Waals surface area contributed by atoms with Crippen LogP contribution in [0.2, 0.25) is 0 Å². The van der Waals surface area contributed by atoms with Crippen molar-refractivity contribution in [3.63, 3.8) is 0 Å². The molecule has 0 saturated heterocycles. The highest BCUT2D eigenvalue weighted by molar-refractivity contribution is 7.92. The Morgan fingerprint density at radius 2 is 2.16 bits per heavy atom. The Balaban J connectivity index is 2.99. The summed E-state index contributed by atoms with van der Waals surface area (Å²) < 4.78 is 37.6. The minimum Gasteiger partial charge on any atom is -0.352 e. The number of amides is 1. The van der Waals surface area contributed by atoms with Gasteiger partial charge in [-0.3, -0.25) is 9.52 Å². The van der Waals surface area contributed by atoms with Crippen molar-refractivity contribution in [3.05, 3.63) is 42.2 Å². The van der Waals surface area contributed by atoms with Gasteiger partial charge in [0.2, 0.25) is 10.0 Å². The van der Waals surface area contributed by atoms with E-state index in [1.54, 1.807) is 6.08 Å². The van der Waals surface area contributed by atoms with Crippen molar-refractivity contribution in [2.75, 3.05) is 17.5 Å². The van der Waals surface area contributed by atoms with E-state index >= 15 is 0 Å². The molecule has 0 saturated carbocycles. The largest absolute Gasteiger partial charge is 0.352 e. The number of carbonyl (C=O) groups is 1. The highest BCUT2D eigenvalue weighted by atomic mass is 32.2. The lowest BCUT2D eigenvalue weighted by atomic mass is 10.1. The van der Waals surface area contributed by atoms with E-state index in [0.29, 0.717) is 13.0 Å². The van der Waals surface area contributed by atoms with Crippen molar-refractivity contribution >= 4 is 21.6 Å². The molecule has 1 aromatic rings. The Bertz CT molecular complexity index is 585. The molecule has 7 heteroatoms. The topological polar surface area (TPSA) is 75.3 Å². The van der Waals surface area contributed by atoms with Crippen LogP contribution in [-0.2, 0) is 10.0 Å². The first-order valence-corrected chi connectivity index (χ1v) is 7.39. The third kappa shape index (κ3) is 5.09. The summed E-state index contributed by atoms with van der Waals surface area (Å²) in [6, 6.07) is 3.28. The maximum Gasteiger partial charge on any atom is 0.253 e. The first kappa shape index (κ1) is 15.2. The summed E-state index contributed by atoms with van der Waals surface area (Å²) in [5.74, 6) is -1.11. The van der Waals surface area contributed by atoms with Crippen molar-refractivity contribution in [1.29, 1.82) is 0 Å². The number of sulfonamides is 1. The molecule has 0 radical (unpaired) electrons. The molecular formula is C12H15FN2O3S. The van der Waals surface area contributed by atoms with Gasteiger partial charge in [0, 0.05) is 6.54 Å². The van der Waals surface area contributed by atoms with Gasteiger partial charge < -0.3 is 5.32 Å². The van der Waals surface area contributed by atoms with E-state index in [0.717, 1.165) is 18.4 Å². The Morgan fingerprint density at radius 1 is 1.47 bits per heavy atom. The normalized spacial score (nSPS) is 10.8. The van der Waals surface area contributed by atoms with Gasteiger partial charge in [-0.05, 0) is 24.6 Å². The minimum atomic E-state index is -3.59. The molecule has 0 heterocycles. The van der Waals surface area contributed by atoms with E-state index < -0.39 is 21.7 Å². The summed E-state index contributed by atoms with van der Waals surface area (Å²) in [4.78, 5) is 11.8. The summed E-state index contributed by atoms with van der Waals surface area (Å²) in [5, 5.41) is 2.58. The smallest absolute Gasteiger partial charge is 0.253 e. The summed E-state index contributed by atoms with van der Waals surface area (Å²) in [6.45, 7) is 3.89. The fraction of sp³-hybridized carbons (Fsp3) is 0.250. The Kier molecular flexibility index (Phi) is 5.05. The quantitative estimate of drug-likeness (QED) is 0.614. The summed E-state index contributed by atoms with van der Waals surface area (Å²) in [6.07, 6.45) is 3.15. The zero-order valence-corrected chi connectivity index (χ0v) is 11.3. The number of hydrogen-bond acceptors (Lipinski definition) is 3. The molecule has 0 atom stereocenters. The molecule has 0 aliphatic heterocycles. The number of halogens is 1. The second-order valence-corrected chi connectivity index (χ2v) is 5.65. The molecule has 1 amide bonds. The van der Waals surface area contributed by atoms with Gasteiger partial charge in [-0.1, -0.05) is 6.08 Å². The number of carbonyl (C=O) groups excluding carboxylic acids is 1. The maximum atomic E-state index is 13.1. The van der Waals surface area contributed by atoms with E-state index in [1.165, 1.54) is 6.07 Å². The molecular weight excluding hydrogens is 271 g/mol. The van der Waals surface area contributed by atoms with Crippen LogP contribution in [0.5, 0.6) is 0 Å². The Hall–Kier alpha value is -1.89. The van der Waals surface area contributed by atoms with E-state index in [4.69, 9.17) is 0 Å². The molecule has 19 heavy (non-hydrogen) atoms. The van der Waals surface area contributed by atoms with Crippen molar-refractivity contribution in [2.24, 2.45) is 0 Å². The summed E-state index contributed by atoms with van der Waals surface area (Å²) in [5.41, 5.74) is -0.0190. The van der Waals surface area contributed by atoms with Crippen LogP contribution in [0.1, 0.15) is 16.8 Å². The van der Waals surface area contributed by atoms with Gasteiger partial charge in [0.15, 0.2) is 0 Å². The number of nitrogens with one attached hydrogen (secondary N) is 2. The molecule has 104 valence electrons. The van der Waals surface area contributed by atoms with Gasteiger partial charge in [-0.2, -0.15) is 0 Å². The number of anilines is 1. The molecule has 2 N–H and O–H groups in total. The molecule has 0 aromatic heterocycles. The van der Waals surface area contributed by atoms with Crippen molar-refractivity contribution in [3.8, 4) is 0 Å². The fourth-order valence-corrected chi connectivity index (χ4v) is 1.95. The van der Waals surface area contributed by atoms with Crippen LogP contribution in [0.15, 0.2) is 30.9 Å². The fourth-order valence-electron chi connectivity index (χ4n) is 1.38. The van der Waals surface area contributed by atoms with Gasteiger partial charge >= 0.3 is 0 Å². The third-order valence-electron chi connectivity index (χ3n) is 2.16. The average molecular weight is 286 g/mol. The lowest BCUT2D eigenvalue weighted by Crippen LogP contribution is -2.25. The molecule has 0 unspecified atom stereocenters. The minimum absolute atomic E-state index is 0.0656. The Labute approximate surface area is 111 Å². The Morgan fingerprint density at radius 3 is 2.74 bits per heavy atom. The van der Waals surface area contributed by atoms with Gasteiger partial charge in [0.05, 0.1) is 17.5 Å². The van der Waals surface area contributed by atoms with Crippen molar-refractivity contribution < 1.29 is 17.6 Å². The van der Waals surface area contributed by atoms with Gasteiger partial charge in [-0.15, -0.1) is 6.58 Å². The molecule has 0 fully saturated rings. The number of benzene rings is 1. The van der Waals surface area contributed by atoms with Crippen LogP contribution in [0.4, 0.5) is 10.1 Å². The highest BCUT2D eigenvalue weighted by Gasteiger charge is 2.14. The average Bonchev–Trinajstić information content (AvgIpc) is 2.27. The van der Waals surface area contributed by atoms with Crippen molar-refractivity contribution in [2.45, 2.75) is 6.42 Å². The van der Waals surface area contributed by atoms with E-state index in [2.05, 4.69) is 16.6 Å². The van der Waals surface area contributed by atoms with E-state index in [9.17, 15) is 17.6 Å². The van der Waals surface area contributed by atoms with E-state index in [1.807, 2.05) is 0 Å². The van der Waals surface area contributed by atoms with Crippen LogP contribution in [0.3, 0.4) is 0 Å². The maximum absolute atomic E-state index is 13.1.